The number of hydrogen-bond donors (Lipinski definition) is 1. The number of hydrogen-bond acceptors (Lipinski definition) is 5. The Labute approximate surface area is 221 Å². The van der Waals surface area contributed by atoms with Gasteiger partial charge in [0, 0.05) is 18.7 Å². The first-order chi connectivity index (χ1) is 18.2. The SMILES string of the molecule is COc1ccc(C=CC2NCCc3cc(OCc4ccccc4)c(OC)cc32)cc1CN1CCCCC1. The van der Waals surface area contributed by atoms with Crippen LogP contribution >= 0.6 is 0 Å². The smallest absolute Gasteiger partial charge is 0.161 e. The van der Waals surface area contributed by atoms with Crippen molar-refractivity contribution >= 4 is 6.08 Å². The summed E-state index contributed by atoms with van der Waals surface area (Å²) < 4.78 is 17.6. The number of piperidine rings is 1. The van der Waals surface area contributed by atoms with Crippen LogP contribution in [0.4, 0.5) is 0 Å². The molecule has 0 amide bonds. The van der Waals surface area contributed by atoms with Gasteiger partial charge in [-0.1, -0.05) is 55.0 Å². The van der Waals surface area contributed by atoms with Crippen LogP contribution in [0, 0.1) is 0 Å². The fraction of sp³-hybridized carbons (Fsp3) is 0.375. The van der Waals surface area contributed by atoms with Gasteiger partial charge in [0.2, 0.25) is 0 Å². The molecule has 2 heterocycles. The molecular formula is C32H38N2O3. The first-order valence-corrected chi connectivity index (χ1v) is 13.4. The Morgan fingerprint density at radius 3 is 2.49 bits per heavy atom. The number of fused-ring (bicyclic) bond motifs is 1. The molecule has 5 rings (SSSR count). The Hall–Kier alpha value is -3.28. The Kier molecular flexibility index (Phi) is 8.44. The normalized spacial score (nSPS) is 17.9. The van der Waals surface area contributed by atoms with E-state index in [1.807, 2.05) is 18.2 Å². The van der Waals surface area contributed by atoms with Gasteiger partial charge in [0.1, 0.15) is 12.4 Å². The van der Waals surface area contributed by atoms with Gasteiger partial charge < -0.3 is 19.5 Å². The molecule has 1 unspecified atom stereocenters. The Morgan fingerprint density at radius 1 is 0.892 bits per heavy atom. The number of nitrogens with zero attached hydrogens (tertiary/aromatic N) is 1. The minimum atomic E-state index is 0.119. The zero-order valence-electron chi connectivity index (χ0n) is 22.0. The van der Waals surface area contributed by atoms with E-state index >= 15 is 0 Å². The van der Waals surface area contributed by atoms with Gasteiger partial charge in [-0.3, -0.25) is 4.90 Å². The van der Waals surface area contributed by atoms with Crippen LogP contribution in [0.2, 0.25) is 0 Å². The summed E-state index contributed by atoms with van der Waals surface area (Å²) in [5.41, 5.74) is 6.14. The van der Waals surface area contributed by atoms with Crippen LogP contribution < -0.4 is 19.5 Å². The highest BCUT2D eigenvalue weighted by molar-refractivity contribution is 5.56. The summed E-state index contributed by atoms with van der Waals surface area (Å²) in [6.45, 7) is 4.73. The zero-order valence-corrected chi connectivity index (χ0v) is 22.0. The summed E-state index contributed by atoms with van der Waals surface area (Å²) >= 11 is 0. The van der Waals surface area contributed by atoms with Gasteiger partial charge in [-0.05, 0) is 78.9 Å². The number of nitrogens with one attached hydrogen (secondary N) is 1. The molecule has 0 radical (unpaired) electrons. The van der Waals surface area contributed by atoms with E-state index in [1.165, 1.54) is 54.6 Å². The van der Waals surface area contributed by atoms with E-state index in [1.54, 1.807) is 14.2 Å². The molecule has 194 valence electrons. The molecule has 0 saturated carbocycles. The van der Waals surface area contributed by atoms with E-state index in [0.717, 1.165) is 42.3 Å². The number of ether oxygens (including phenoxy) is 3. The summed E-state index contributed by atoms with van der Waals surface area (Å²) in [4.78, 5) is 2.54. The molecule has 0 bridgehead atoms. The summed E-state index contributed by atoms with van der Waals surface area (Å²) in [6, 6.07) is 21.2. The van der Waals surface area contributed by atoms with E-state index < -0.39 is 0 Å². The van der Waals surface area contributed by atoms with E-state index in [0.29, 0.717) is 6.61 Å². The highest BCUT2D eigenvalue weighted by Crippen LogP contribution is 2.36. The second kappa shape index (κ2) is 12.3. The Bertz CT molecular complexity index is 1200. The molecule has 5 heteroatoms. The summed E-state index contributed by atoms with van der Waals surface area (Å²) in [5.74, 6) is 2.54. The molecular weight excluding hydrogens is 460 g/mol. The van der Waals surface area contributed by atoms with Crippen LogP contribution in [0.5, 0.6) is 17.2 Å². The number of benzene rings is 3. The minimum absolute atomic E-state index is 0.119. The molecule has 37 heavy (non-hydrogen) atoms. The summed E-state index contributed by atoms with van der Waals surface area (Å²) in [5, 5.41) is 3.66. The number of rotatable bonds is 9. The second-order valence-corrected chi connectivity index (χ2v) is 9.93. The van der Waals surface area contributed by atoms with Crippen LogP contribution in [0.3, 0.4) is 0 Å². The molecule has 2 aliphatic heterocycles. The van der Waals surface area contributed by atoms with E-state index in [-0.39, 0.29) is 6.04 Å². The van der Waals surface area contributed by atoms with Crippen molar-refractivity contribution in [2.75, 3.05) is 33.9 Å². The Balaban J connectivity index is 1.33. The van der Waals surface area contributed by atoms with Crippen molar-refractivity contribution in [2.45, 2.75) is 44.9 Å². The average Bonchev–Trinajstić information content (AvgIpc) is 2.95. The third-order valence-corrected chi connectivity index (χ3v) is 7.38. The number of likely N-dealkylation sites (tertiary alicyclic amines) is 1. The second-order valence-electron chi connectivity index (χ2n) is 9.93. The molecule has 3 aromatic rings. The lowest BCUT2D eigenvalue weighted by Gasteiger charge is -2.27. The molecule has 5 nitrogen and oxygen atoms in total. The molecule has 1 N–H and O–H groups in total. The minimum Gasteiger partial charge on any atom is -0.496 e. The van der Waals surface area contributed by atoms with Crippen molar-refractivity contribution in [1.29, 1.82) is 0 Å². The quantitative estimate of drug-likeness (QED) is 0.382. The molecule has 2 aliphatic rings. The first kappa shape index (κ1) is 25.4. The molecule has 0 aromatic heterocycles. The maximum atomic E-state index is 6.16. The topological polar surface area (TPSA) is 43.0 Å². The highest BCUT2D eigenvalue weighted by atomic mass is 16.5. The summed E-state index contributed by atoms with van der Waals surface area (Å²) in [6.07, 6.45) is 9.37. The fourth-order valence-corrected chi connectivity index (χ4v) is 5.37. The van der Waals surface area contributed by atoms with Gasteiger partial charge in [0.15, 0.2) is 11.5 Å². The first-order valence-electron chi connectivity index (χ1n) is 13.4. The van der Waals surface area contributed by atoms with Gasteiger partial charge in [0.05, 0.1) is 20.3 Å². The molecule has 0 spiro atoms. The monoisotopic (exact) mass is 498 g/mol. The largest absolute Gasteiger partial charge is 0.496 e. The van der Waals surface area contributed by atoms with Crippen molar-refractivity contribution in [3.63, 3.8) is 0 Å². The van der Waals surface area contributed by atoms with E-state index in [4.69, 9.17) is 14.2 Å². The maximum absolute atomic E-state index is 6.16. The van der Waals surface area contributed by atoms with Crippen molar-refractivity contribution in [1.82, 2.24) is 10.2 Å². The lowest BCUT2D eigenvalue weighted by Crippen LogP contribution is -2.29. The van der Waals surface area contributed by atoms with Gasteiger partial charge in [0.25, 0.3) is 0 Å². The molecule has 1 saturated heterocycles. The average molecular weight is 499 g/mol. The molecule has 0 aliphatic carbocycles. The van der Waals surface area contributed by atoms with Gasteiger partial charge >= 0.3 is 0 Å². The maximum Gasteiger partial charge on any atom is 0.161 e. The third-order valence-electron chi connectivity index (χ3n) is 7.38. The van der Waals surface area contributed by atoms with Crippen molar-refractivity contribution in [2.24, 2.45) is 0 Å². The van der Waals surface area contributed by atoms with Crippen LogP contribution in [0.1, 0.15) is 53.1 Å². The van der Waals surface area contributed by atoms with E-state index in [9.17, 15) is 0 Å². The summed E-state index contributed by atoms with van der Waals surface area (Å²) in [7, 11) is 3.47. The lowest BCUT2D eigenvalue weighted by molar-refractivity contribution is 0.218. The zero-order chi connectivity index (χ0) is 25.5. The predicted molar refractivity (Wildman–Crippen MR) is 149 cm³/mol. The Morgan fingerprint density at radius 2 is 1.70 bits per heavy atom. The fourth-order valence-electron chi connectivity index (χ4n) is 5.37. The molecule has 1 fully saturated rings. The predicted octanol–water partition coefficient (Wildman–Crippen LogP) is 6.17. The van der Waals surface area contributed by atoms with Gasteiger partial charge in [-0.2, -0.15) is 0 Å². The lowest BCUT2D eigenvalue weighted by atomic mass is 9.93. The van der Waals surface area contributed by atoms with Crippen LogP contribution in [-0.4, -0.2) is 38.8 Å². The molecule has 1 atom stereocenters. The van der Waals surface area contributed by atoms with Crippen molar-refractivity contribution < 1.29 is 14.2 Å². The number of methoxy groups -OCH3 is 2. The van der Waals surface area contributed by atoms with Crippen LogP contribution in [0.15, 0.2) is 66.7 Å². The van der Waals surface area contributed by atoms with Crippen molar-refractivity contribution in [3.8, 4) is 17.2 Å². The highest BCUT2D eigenvalue weighted by Gasteiger charge is 2.21. The molecule has 3 aromatic carbocycles. The standard InChI is InChI=1S/C32H38N2O3/c1-35-30-14-12-24(19-27(30)22-34-17-7-4-8-18-34)11-13-29-28-21-31(36-2)32(20-26(28)15-16-33-29)37-23-25-9-5-3-6-10-25/h3,5-6,9-14,19-21,29,33H,4,7-8,15-18,22-23H2,1-2H3. The van der Waals surface area contributed by atoms with Gasteiger partial charge in [-0.15, -0.1) is 0 Å². The third kappa shape index (κ3) is 6.35. The van der Waals surface area contributed by atoms with E-state index in [2.05, 4.69) is 64.8 Å². The van der Waals surface area contributed by atoms with Crippen LogP contribution in [0.25, 0.3) is 6.08 Å². The van der Waals surface area contributed by atoms with Gasteiger partial charge in [-0.25, -0.2) is 0 Å². The van der Waals surface area contributed by atoms with Crippen molar-refractivity contribution in [3.05, 3.63) is 94.6 Å². The van der Waals surface area contributed by atoms with Crippen LogP contribution in [-0.2, 0) is 19.6 Å².